The van der Waals surface area contributed by atoms with Crippen molar-refractivity contribution in [1.82, 2.24) is 15.6 Å². The summed E-state index contributed by atoms with van der Waals surface area (Å²) in [5.74, 6) is -0.106. The second kappa shape index (κ2) is 9.19. The molecule has 0 aliphatic rings. The maximum atomic E-state index is 12.2. The Hall–Kier alpha value is -3.41. The average Bonchev–Trinajstić information content (AvgIpc) is 2.71. The minimum absolute atomic E-state index is 0.0875. The molecule has 0 fully saturated rings. The van der Waals surface area contributed by atoms with E-state index in [1.165, 1.54) is 6.92 Å². The van der Waals surface area contributed by atoms with Gasteiger partial charge in [0.2, 0.25) is 5.91 Å². The molecule has 3 N–H and O–H groups in total. The molecule has 3 rings (SSSR count). The van der Waals surface area contributed by atoms with Crippen molar-refractivity contribution in [2.75, 3.05) is 11.9 Å². The number of aromatic nitrogens is 1. The number of carbonyl (C=O) groups excluding carboxylic acids is 2. The highest BCUT2D eigenvalue weighted by Gasteiger charge is 2.11. The molecule has 0 saturated heterocycles. The lowest BCUT2D eigenvalue weighted by Gasteiger charge is -2.17. The number of hydrogen-bond acceptors (Lipinski definition) is 3. The second-order valence-corrected chi connectivity index (χ2v) is 7.04. The number of amides is 3. The highest BCUT2D eigenvalue weighted by molar-refractivity contribution is 5.93. The van der Waals surface area contributed by atoms with E-state index in [0.29, 0.717) is 12.2 Å². The van der Waals surface area contributed by atoms with Crippen molar-refractivity contribution in [3.63, 3.8) is 0 Å². The Morgan fingerprint density at radius 3 is 2.52 bits per heavy atom. The zero-order valence-corrected chi connectivity index (χ0v) is 17.0. The molecule has 1 unspecified atom stereocenters. The van der Waals surface area contributed by atoms with Gasteiger partial charge in [-0.3, -0.25) is 9.78 Å². The fourth-order valence-electron chi connectivity index (χ4n) is 3.24. The fourth-order valence-corrected chi connectivity index (χ4v) is 3.24. The van der Waals surface area contributed by atoms with Crippen LogP contribution in [-0.4, -0.2) is 29.5 Å². The summed E-state index contributed by atoms with van der Waals surface area (Å²) in [7, 11) is 0. The van der Waals surface area contributed by atoms with Crippen molar-refractivity contribution in [3.05, 3.63) is 60.3 Å². The Kier molecular flexibility index (Phi) is 6.44. The Balaban J connectivity index is 1.74. The number of carbonyl (C=O) groups is 2. The van der Waals surface area contributed by atoms with Crippen molar-refractivity contribution in [1.29, 1.82) is 0 Å². The third-order valence-corrected chi connectivity index (χ3v) is 4.76. The molecule has 1 aromatic heterocycles. The van der Waals surface area contributed by atoms with Gasteiger partial charge in [-0.05, 0) is 43.2 Å². The number of benzene rings is 2. The van der Waals surface area contributed by atoms with Crippen LogP contribution in [0.3, 0.4) is 0 Å². The summed E-state index contributed by atoms with van der Waals surface area (Å²) < 4.78 is 0. The lowest BCUT2D eigenvalue weighted by Crippen LogP contribution is -2.43. The number of rotatable bonds is 6. The van der Waals surface area contributed by atoms with E-state index in [1.807, 2.05) is 50.2 Å². The summed E-state index contributed by atoms with van der Waals surface area (Å²) >= 11 is 0. The van der Waals surface area contributed by atoms with Gasteiger partial charge < -0.3 is 16.0 Å². The van der Waals surface area contributed by atoms with Gasteiger partial charge in [0.05, 0.1) is 5.52 Å². The first kappa shape index (κ1) is 20.3. The maximum Gasteiger partial charge on any atom is 0.319 e. The highest BCUT2D eigenvalue weighted by Crippen LogP contribution is 2.27. The second-order valence-electron chi connectivity index (χ2n) is 7.04. The predicted octanol–water partition coefficient (Wildman–Crippen LogP) is 4.25. The molecule has 0 spiro atoms. The number of nitrogens with zero attached hydrogens (tertiary/aromatic N) is 1. The molecule has 0 saturated carbocycles. The SMILES string of the molecule is CCC(CNC(=O)Nc1ccc2nc(C)c(-c3ccccc3)cc2c1)NC(C)=O. The smallest absolute Gasteiger partial charge is 0.319 e. The van der Waals surface area contributed by atoms with E-state index >= 15 is 0 Å². The van der Waals surface area contributed by atoms with Crippen LogP contribution in [0.15, 0.2) is 54.6 Å². The first-order valence-corrected chi connectivity index (χ1v) is 9.75. The number of aryl methyl sites for hydroxylation is 1. The minimum Gasteiger partial charge on any atom is -0.352 e. The van der Waals surface area contributed by atoms with Crippen LogP contribution in [0, 0.1) is 6.92 Å². The standard InChI is InChI=1S/C23H26N4O2/c1-4-19(26-16(3)28)14-24-23(29)27-20-10-11-22-18(12-20)13-21(15(2)25-22)17-8-6-5-7-9-17/h5-13,19H,4,14H2,1-3H3,(H,26,28)(H2,24,27,29). The fraction of sp³-hybridized carbons (Fsp3) is 0.261. The van der Waals surface area contributed by atoms with Gasteiger partial charge in [0, 0.05) is 41.8 Å². The third-order valence-electron chi connectivity index (χ3n) is 4.76. The van der Waals surface area contributed by atoms with E-state index in [-0.39, 0.29) is 18.0 Å². The van der Waals surface area contributed by atoms with Crippen molar-refractivity contribution >= 4 is 28.5 Å². The number of fused-ring (bicyclic) bond motifs is 1. The first-order valence-electron chi connectivity index (χ1n) is 9.75. The molecule has 3 amide bonds. The summed E-state index contributed by atoms with van der Waals surface area (Å²) in [6, 6.07) is 17.5. The minimum atomic E-state index is -0.309. The lowest BCUT2D eigenvalue weighted by molar-refractivity contribution is -0.119. The molecule has 0 aliphatic heterocycles. The molecule has 3 aromatic rings. The van der Waals surface area contributed by atoms with E-state index in [4.69, 9.17) is 4.98 Å². The van der Waals surface area contributed by atoms with E-state index in [9.17, 15) is 9.59 Å². The van der Waals surface area contributed by atoms with Gasteiger partial charge in [-0.1, -0.05) is 37.3 Å². The van der Waals surface area contributed by atoms with Gasteiger partial charge in [-0.2, -0.15) is 0 Å². The van der Waals surface area contributed by atoms with E-state index in [1.54, 1.807) is 0 Å². The summed E-state index contributed by atoms with van der Waals surface area (Å²) in [4.78, 5) is 28.1. The van der Waals surface area contributed by atoms with Crippen LogP contribution in [0.25, 0.3) is 22.0 Å². The van der Waals surface area contributed by atoms with Gasteiger partial charge in [-0.15, -0.1) is 0 Å². The maximum absolute atomic E-state index is 12.2. The van der Waals surface area contributed by atoms with Gasteiger partial charge in [0.25, 0.3) is 0 Å². The third kappa shape index (κ3) is 5.31. The summed E-state index contributed by atoms with van der Waals surface area (Å²) in [6.45, 7) is 5.80. The molecule has 0 aliphatic carbocycles. The Morgan fingerprint density at radius 2 is 1.83 bits per heavy atom. The normalized spacial score (nSPS) is 11.7. The molecule has 0 radical (unpaired) electrons. The summed E-state index contributed by atoms with van der Waals surface area (Å²) in [6.07, 6.45) is 0.739. The highest BCUT2D eigenvalue weighted by atomic mass is 16.2. The topological polar surface area (TPSA) is 83.1 Å². The molecule has 150 valence electrons. The monoisotopic (exact) mass is 390 g/mol. The molecule has 6 nitrogen and oxygen atoms in total. The first-order chi connectivity index (χ1) is 14.0. The number of urea groups is 1. The quantitative estimate of drug-likeness (QED) is 0.588. The van der Waals surface area contributed by atoms with Crippen LogP contribution >= 0.6 is 0 Å². The molecule has 1 atom stereocenters. The van der Waals surface area contributed by atoms with Crippen molar-refractivity contribution in [2.24, 2.45) is 0 Å². The number of nitrogens with one attached hydrogen (secondary N) is 3. The van der Waals surface area contributed by atoms with Crippen LogP contribution in [0.2, 0.25) is 0 Å². The van der Waals surface area contributed by atoms with Crippen LogP contribution < -0.4 is 16.0 Å². The molecule has 1 heterocycles. The summed E-state index contributed by atoms with van der Waals surface area (Å²) in [5.41, 5.74) is 4.71. The van der Waals surface area contributed by atoms with E-state index < -0.39 is 0 Å². The van der Waals surface area contributed by atoms with E-state index in [0.717, 1.165) is 34.1 Å². The van der Waals surface area contributed by atoms with Gasteiger partial charge in [0.15, 0.2) is 0 Å². The lowest BCUT2D eigenvalue weighted by atomic mass is 10.0. The van der Waals surface area contributed by atoms with Crippen LogP contribution in [0.1, 0.15) is 26.0 Å². The van der Waals surface area contributed by atoms with Crippen LogP contribution in [0.5, 0.6) is 0 Å². The molecule has 29 heavy (non-hydrogen) atoms. The Labute approximate surface area is 170 Å². The zero-order valence-electron chi connectivity index (χ0n) is 17.0. The van der Waals surface area contributed by atoms with Crippen LogP contribution in [-0.2, 0) is 4.79 Å². The van der Waals surface area contributed by atoms with E-state index in [2.05, 4.69) is 34.1 Å². The van der Waals surface area contributed by atoms with Crippen molar-refractivity contribution in [2.45, 2.75) is 33.2 Å². The molecule has 2 aromatic carbocycles. The predicted molar refractivity (Wildman–Crippen MR) is 117 cm³/mol. The molecular weight excluding hydrogens is 364 g/mol. The largest absolute Gasteiger partial charge is 0.352 e. The molecular formula is C23H26N4O2. The zero-order chi connectivity index (χ0) is 20.8. The van der Waals surface area contributed by atoms with Crippen molar-refractivity contribution in [3.8, 4) is 11.1 Å². The van der Waals surface area contributed by atoms with Gasteiger partial charge in [-0.25, -0.2) is 4.79 Å². The van der Waals surface area contributed by atoms with Crippen LogP contribution in [0.4, 0.5) is 10.5 Å². The number of pyridine rings is 1. The van der Waals surface area contributed by atoms with Crippen molar-refractivity contribution < 1.29 is 9.59 Å². The Morgan fingerprint density at radius 1 is 1.07 bits per heavy atom. The number of hydrogen-bond donors (Lipinski definition) is 3. The molecule has 6 heteroatoms. The summed E-state index contributed by atoms with van der Waals surface area (Å²) in [5, 5.41) is 9.42. The Bertz CT molecular complexity index is 1020. The van der Waals surface area contributed by atoms with Gasteiger partial charge in [0.1, 0.15) is 0 Å². The average molecular weight is 390 g/mol. The molecule has 0 bridgehead atoms. The van der Waals surface area contributed by atoms with Gasteiger partial charge >= 0.3 is 6.03 Å². The number of anilines is 1.